The SMILES string of the molecule is C=Cc1oc2c(S)cccc2c1/C=C\C.CC. The number of rotatable bonds is 2. The molecule has 1 aromatic carbocycles. The number of para-hydroxylation sites is 1. The van der Waals surface area contributed by atoms with Gasteiger partial charge < -0.3 is 4.42 Å². The average Bonchev–Trinajstić information content (AvgIpc) is 2.72. The lowest BCUT2D eigenvalue weighted by atomic mass is 10.1. The minimum absolute atomic E-state index is 0.796. The van der Waals surface area contributed by atoms with E-state index in [1.807, 2.05) is 51.1 Å². The van der Waals surface area contributed by atoms with Crippen LogP contribution in [-0.2, 0) is 0 Å². The molecule has 2 heteroatoms. The van der Waals surface area contributed by atoms with E-state index in [-0.39, 0.29) is 0 Å². The van der Waals surface area contributed by atoms with Crippen LogP contribution in [-0.4, -0.2) is 0 Å². The summed E-state index contributed by atoms with van der Waals surface area (Å²) in [6, 6.07) is 5.92. The van der Waals surface area contributed by atoms with Gasteiger partial charge >= 0.3 is 0 Å². The lowest BCUT2D eigenvalue weighted by Gasteiger charge is -1.92. The molecule has 0 aliphatic heterocycles. The van der Waals surface area contributed by atoms with Crippen molar-refractivity contribution in [1.29, 1.82) is 0 Å². The van der Waals surface area contributed by atoms with Gasteiger partial charge in [0.15, 0.2) is 0 Å². The zero-order chi connectivity index (χ0) is 12.8. The fraction of sp³-hybridized carbons (Fsp3) is 0.200. The van der Waals surface area contributed by atoms with Crippen molar-refractivity contribution in [2.24, 2.45) is 0 Å². The number of furan rings is 1. The molecule has 0 N–H and O–H groups in total. The summed E-state index contributed by atoms with van der Waals surface area (Å²) in [5.41, 5.74) is 1.89. The highest BCUT2D eigenvalue weighted by molar-refractivity contribution is 7.80. The van der Waals surface area contributed by atoms with Gasteiger partial charge in [0.2, 0.25) is 0 Å². The van der Waals surface area contributed by atoms with Crippen molar-refractivity contribution in [1.82, 2.24) is 0 Å². The second-order valence-corrected chi connectivity index (χ2v) is 3.72. The summed E-state index contributed by atoms with van der Waals surface area (Å²) >= 11 is 4.37. The van der Waals surface area contributed by atoms with Crippen molar-refractivity contribution in [3.05, 3.63) is 42.2 Å². The maximum atomic E-state index is 5.69. The van der Waals surface area contributed by atoms with Gasteiger partial charge in [-0.05, 0) is 19.1 Å². The molecule has 1 aromatic heterocycles. The fourth-order valence-electron chi connectivity index (χ4n) is 1.63. The van der Waals surface area contributed by atoms with Crippen molar-refractivity contribution < 1.29 is 4.42 Å². The molecule has 0 radical (unpaired) electrons. The Labute approximate surface area is 108 Å². The summed E-state index contributed by atoms with van der Waals surface area (Å²) in [4.78, 5) is 0.853. The minimum Gasteiger partial charge on any atom is -0.455 e. The van der Waals surface area contributed by atoms with Gasteiger partial charge in [-0.15, -0.1) is 12.6 Å². The Morgan fingerprint density at radius 2 is 2.00 bits per heavy atom. The van der Waals surface area contributed by atoms with Crippen LogP contribution in [0.5, 0.6) is 0 Å². The molecule has 90 valence electrons. The number of benzene rings is 1. The number of hydrogen-bond donors (Lipinski definition) is 1. The van der Waals surface area contributed by atoms with Gasteiger partial charge in [0.1, 0.15) is 11.3 Å². The Balaban J connectivity index is 0.000000686. The molecule has 0 atom stereocenters. The molecule has 17 heavy (non-hydrogen) atoms. The Hall–Kier alpha value is -1.41. The van der Waals surface area contributed by atoms with E-state index in [1.165, 1.54) is 0 Å². The monoisotopic (exact) mass is 246 g/mol. The van der Waals surface area contributed by atoms with Gasteiger partial charge in [-0.3, -0.25) is 0 Å². The summed E-state index contributed by atoms with van der Waals surface area (Å²) in [6.07, 6.45) is 5.74. The van der Waals surface area contributed by atoms with Gasteiger partial charge in [-0.2, -0.15) is 0 Å². The van der Waals surface area contributed by atoms with E-state index in [0.717, 1.165) is 27.2 Å². The first-order valence-electron chi connectivity index (χ1n) is 5.77. The second-order valence-electron chi connectivity index (χ2n) is 3.24. The van der Waals surface area contributed by atoms with E-state index >= 15 is 0 Å². The van der Waals surface area contributed by atoms with Crippen LogP contribution in [0.2, 0.25) is 0 Å². The van der Waals surface area contributed by atoms with Crippen LogP contribution < -0.4 is 0 Å². The van der Waals surface area contributed by atoms with Crippen LogP contribution >= 0.6 is 12.6 Å². The highest BCUT2D eigenvalue weighted by atomic mass is 32.1. The summed E-state index contributed by atoms with van der Waals surface area (Å²) in [7, 11) is 0. The van der Waals surface area contributed by atoms with Crippen molar-refractivity contribution in [2.45, 2.75) is 25.7 Å². The van der Waals surface area contributed by atoms with Crippen molar-refractivity contribution in [3.8, 4) is 0 Å². The molecule has 1 heterocycles. The summed E-state index contributed by atoms with van der Waals surface area (Å²) < 4.78 is 5.69. The van der Waals surface area contributed by atoms with Crippen LogP contribution in [0.4, 0.5) is 0 Å². The highest BCUT2D eigenvalue weighted by Crippen LogP contribution is 2.31. The standard InChI is InChI=1S/C13H12OS.C2H6/c1-3-6-9-10-7-5-8-12(15)13(10)14-11(9)4-2;1-2/h3-8,15H,2H2,1H3;1-2H3/b6-3-;. The zero-order valence-electron chi connectivity index (χ0n) is 10.5. The summed E-state index contributed by atoms with van der Waals surface area (Å²) in [5, 5.41) is 1.08. The summed E-state index contributed by atoms with van der Waals surface area (Å²) in [5.74, 6) is 0.796. The predicted molar refractivity (Wildman–Crippen MR) is 79.6 cm³/mol. The van der Waals surface area contributed by atoms with E-state index in [1.54, 1.807) is 6.08 Å². The van der Waals surface area contributed by atoms with E-state index in [0.29, 0.717) is 0 Å². The maximum Gasteiger partial charge on any atom is 0.148 e. The maximum absolute atomic E-state index is 5.69. The molecule has 0 saturated heterocycles. The first-order valence-corrected chi connectivity index (χ1v) is 6.22. The minimum atomic E-state index is 0.796. The molecule has 0 fully saturated rings. The van der Waals surface area contributed by atoms with E-state index in [9.17, 15) is 0 Å². The van der Waals surface area contributed by atoms with Crippen LogP contribution in [0.3, 0.4) is 0 Å². The Morgan fingerprint density at radius 1 is 1.29 bits per heavy atom. The molecule has 1 nitrogen and oxygen atoms in total. The van der Waals surface area contributed by atoms with Gasteiger partial charge in [-0.1, -0.05) is 44.7 Å². The van der Waals surface area contributed by atoms with E-state index < -0.39 is 0 Å². The molecule has 0 aliphatic carbocycles. The van der Waals surface area contributed by atoms with Crippen LogP contribution in [0.15, 0.2) is 40.2 Å². The molecule has 0 bridgehead atoms. The topological polar surface area (TPSA) is 13.1 Å². The van der Waals surface area contributed by atoms with Gasteiger partial charge in [0.05, 0.1) is 0 Å². The molecular weight excluding hydrogens is 228 g/mol. The van der Waals surface area contributed by atoms with Crippen molar-refractivity contribution in [3.63, 3.8) is 0 Å². The number of fused-ring (bicyclic) bond motifs is 1. The third-order valence-electron chi connectivity index (χ3n) is 2.28. The smallest absolute Gasteiger partial charge is 0.148 e. The fourth-order valence-corrected chi connectivity index (χ4v) is 1.88. The molecule has 0 aliphatic rings. The number of allylic oxidation sites excluding steroid dienone is 1. The Kier molecular flexibility index (Phi) is 5.11. The number of hydrogen-bond acceptors (Lipinski definition) is 2. The lowest BCUT2D eigenvalue weighted by molar-refractivity contribution is 0.597. The molecule has 0 saturated carbocycles. The number of thiol groups is 1. The van der Waals surface area contributed by atoms with Gasteiger partial charge in [-0.25, -0.2) is 0 Å². The van der Waals surface area contributed by atoms with Crippen molar-refractivity contribution in [2.75, 3.05) is 0 Å². The molecule has 0 amide bonds. The third kappa shape index (κ3) is 2.64. The largest absolute Gasteiger partial charge is 0.455 e. The van der Waals surface area contributed by atoms with Gasteiger partial charge in [0, 0.05) is 15.8 Å². The van der Waals surface area contributed by atoms with Crippen LogP contribution in [0.25, 0.3) is 23.1 Å². The molecule has 0 unspecified atom stereocenters. The Morgan fingerprint density at radius 3 is 2.59 bits per heavy atom. The average molecular weight is 246 g/mol. The predicted octanol–water partition coefficient (Wildman–Crippen LogP) is 5.42. The van der Waals surface area contributed by atoms with Crippen molar-refractivity contribution >= 4 is 35.8 Å². The van der Waals surface area contributed by atoms with Crippen LogP contribution in [0, 0.1) is 0 Å². The van der Waals surface area contributed by atoms with Crippen LogP contribution in [0.1, 0.15) is 32.1 Å². The van der Waals surface area contributed by atoms with Gasteiger partial charge in [0.25, 0.3) is 0 Å². The Bertz CT molecular complexity index is 535. The molecule has 0 spiro atoms. The highest BCUT2D eigenvalue weighted by Gasteiger charge is 2.10. The molecular formula is C15H18OS. The molecule has 2 aromatic rings. The first-order chi connectivity index (χ1) is 8.27. The quantitative estimate of drug-likeness (QED) is 0.698. The lowest BCUT2D eigenvalue weighted by Crippen LogP contribution is -1.72. The summed E-state index contributed by atoms with van der Waals surface area (Å²) in [6.45, 7) is 9.73. The molecule has 2 rings (SSSR count). The third-order valence-corrected chi connectivity index (χ3v) is 2.63. The van der Waals surface area contributed by atoms with E-state index in [2.05, 4.69) is 19.2 Å². The first kappa shape index (κ1) is 13.7. The van der Waals surface area contributed by atoms with E-state index in [4.69, 9.17) is 4.42 Å². The second kappa shape index (κ2) is 6.36. The normalized spacial score (nSPS) is 10.4. The zero-order valence-corrected chi connectivity index (χ0v) is 11.4.